The maximum absolute atomic E-state index is 3.52. The first-order valence-electron chi connectivity index (χ1n) is 7.33. The van der Waals surface area contributed by atoms with Gasteiger partial charge in [0.05, 0.1) is 0 Å². The Morgan fingerprint density at radius 2 is 1.62 bits per heavy atom. The highest BCUT2D eigenvalue weighted by Gasteiger charge is 2.17. The highest BCUT2D eigenvalue weighted by Crippen LogP contribution is 2.15. The summed E-state index contributed by atoms with van der Waals surface area (Å²) in [5.41, 5.74) is 0. The molecule has 0 aliphatic carbocycles. The van der Waals surface area contributed by atoms with Crippen molar-refractivity contribution in [3.63, 3.8) is 0 Å². The van der Waals surface area contributed by atoms with Gasteiger partial charge in [0.2, 0.25) is 0 Å². The molecule has 0 aromatic rings. The van der Waals surface area contributed by atoms with Crippen LogP contribution in [0.5, 0.6) is 0 Å². The standard InChI is InChI=1S/C14H30N2/c1-3-10-14(13-15-4-2)16-11-8-6-5-7-9-12-16/h14-15H,3-13H2,1-2H3. The summed E-state index contributed by atoms with van der Waals surface area (Å²) in [5.74, 6) is 0. The monoisotopic (exact) mass is 226 g/mol. The molecule has 1 unspecified atom stereocenters. The molecule has 2 nitrogen and oxygen atoms in total. The van der Waals surface area contributed by atoms with Gasteiger partial charge in [0.1, 0.15) is 0 Å². The van der Waals surface area contributed by atoms with Crippen molar-refractivity contribution in [2.75, 3.05) is 26.2 Å². The quantitative estimate of drug-likeness (QED) is 0.749. The number of nitrogens with one attached hydrogen (secondary N) is 1. The molecule has 1 aliphatic rings. The highest BCUT2D eigenvalue weighted by atomic mass is 15.2. The van der Waals surface area contributed by atoms with Gasteiger partial charge >= 0.3 is 0 Å². The van der Waals surface area contributed by atoms with Crippen molar-refractivity contribution in [1.82, 2.24) is 10.2 Å². The molecule has 2 heteroatoms. The summed E-state index contributed by atoms with van der Waals surface area (Å²) in [5, 5.41) is 3.52. The SMILES string of the molecule is CCCC(CNCC)N1CCCCCCC1. The number of likely N-dealkylation sites (tertiary alicyclic amines) is 1. The van der Waals surface area contributed by atoms with E-state index in [9.17, 15) is 0 Å². The molecule has 1 aliphatic heterocycles. The number of hydrogen-bond acceptors (Lipinski definition) is 2. The van der Waals surface area contributed by atoms with Crippen LogP contribution in [0.1, 0.15) is 58.8 Å². The molecule has 0 spiro atoms. The second-order valence-electron chi connectivity index (χ2n) is 5.05. The number of hydrogen-bond donors (Lipinski definition) is 1. The van der Waals surface area contributed by atoms with Gasteiger partial charge in [-0.05, 0) is 38.9 Å². The maximum atomic E-state index is 3.52. The van der Waals surface area contributed by atoms with E-state index in [0.717, 1.165) is 12.6 Å². The van der Waals surface area contributed by atoms with Crippen molar-refractivity contribution < 1.29 is 0 Å². The second kappa shape index (κ2) is 9.00. The number of nitrogens with zero attached hydrogens (tertiary/aromatic N) is 1. The van der Waals surface area contributed by atoms with E-state index < -0.39 is 0 Å². The molecule has 0 radical (unpaired) electrons. The normalized spacial score (nSPS) is 21.4. The first-order valence-corrected chi connectivity index (χ1v) is 7.33. The van der Waals surface area contributed by atoms with Crippen LogP contribution in [0.3, 0.4) is 0 Å². The third kappa shape index (κ3) is 5.31. The Labute approximate surface area is 102 Å². The Balaban J connectivity index is 2.38. The lowest BCUT2D eigenvalue weighted by Crippen LogP contribution is -2.43. The minimum absolute atomic E-state index is 0.781. The Kier molecular flexibility index (Phi) is 7.87. The van der Waals surface area contributed by atoms with Gasteiger partial charge in [0.15, 0.2) is 0 Å². The summed E-state index contributed by atoms with van der Waals surface area (Å²) in [4.78, 5) is 2.74. The zero-order chi connectivity index (χ0) is 11.6. The van der Waals surface area contributed by atoms with Crippen LogP contribution in [0.4, 0.5) is 0 Å². The third-order valence-corrected chi connectivity index (χ3v) is 3.66. The average molecular weight is 226 g/mol. The first kappa shape index (κ1) is 14.0. The van der Waals surface area contributed by atoms with Crippen molar-refractivity contribution in [1.29, 1.82) is 0 Å². The number of likely N-dealkylation sites (N-methyl/N-ethyl adjacent to an activating group) is 1. The van der Waals surface area contributed by atoms with Gasteiger partial charge in [0.25, 0.3) is 0 Å². The van der Waals surface area contributed by atoms with Gasteiger partial charge in [0, 0.05) is 12.6 Å². The van der Waals surface area contributed by atoms with Gasteiger partial charge in [-0.3, -0.25) is 4.90 Å². The average Bonchev–Trinajstić information content (AvgIpc) is 2.24. The minimum Gasteiger partial charge on any atom is -0.315 e. The summed E-state index contributed by atoms with van der Waals surface area (Å²) in [6, 6.07) is 0.781. The maximum Gasteiger partial charge on any atom is 0.0220 e. The van der Waals surface area contributed by atoms with Gasteiger partial charge in [-0.25, -0.2) is 0 Å². The fourth-order valence-electron chi connectivity index (χ4n) is 2.69. The van der Waals surface area contributed by atoms with Crippen molar-refractivity contribution in [3.05, 3.63) is 0 Å². The topological polar surface area (TPSA) is 15.3 Å². The summed E-state index contributed by atoms with van der Waals surface area (Å²) in [7, 11) is 0. The lowest BCUT2D eigenvalue weighted by Gasteiger charge is -2.33. The van der Waals surface area contributed by atoms with Crippen molar-refractivity contribution >= 4 is 0 Å². The third-order valence-electron chi connectivity index (χ3n) is 3.66. The van der Waals surface area contributed by atoms with Crippen LogP contribution >= 0.6 is 0 Å². The smallest absolute Gasteiger partial charge is 0.0220 e. The molecule has 0 saturated carbocycles. The molecule has 1 atom stereocenters. The van der Waals surface area contributed by atoms with Gasteiger partial charge < -0.3 is 5.32 Å². The fourth-order valence-corrected chi connectivity index (χ4v) is 2.69. The van der Waals surface area contributed by atoms with Crippen LogP contribution in [0.2, 0.25) is 0 Å². The Bertz CT molecular complexity index is 148. The molecule has 1 heterocycles. The van der Waals surface area contributed by atoms with E-state index in [1.165, 1.54) is 64.6 Å². The lowest BCUT2D eigenvalue weighted by molar-refractivity contribution is 0.166. The molecule has 96 valence electrons. The van der Waals surface area contributed by atoms with Crippen molar-refractivity contribution in [3.8, 4) is 0 Å². The molecule has 0 aromatic heterocycles. The molecule has 0 aromatic carbocycles. The Morgan fingerprint density at radius 3 is 2.19 bits per heavy atom. The molecule has 1 fully saturated rings. The molecular formula is C14H30N2. The number of rotatable bonds is 6. The van der Waals surface area contributed by atoms with Gasteiger partial charge in [-0.2, -0.15) is 0 Å². The Hall–Kier alpha value is -0.0800. The summed E-state index contributed by atoms with van der Waals surface area (Å²) < 4.78 is 0. The highest BCUT2D eigenvalue weighted by molar-refractivity contribution is 4.75. The van der Waals surface area contributed by atoms with Gasteiger partial charge in [-0.15, -0.1) is 0 Å². The van der Waals surface area contributed by atoms with E-state index >= 15 is 0 Å². The van der Waals surface area contributed by atoms with E-state index in [0.29, 0.717) is 0 Å². The van der Waals surface area contributed by atoms with E-state index in [2.05, 4.69) is 24.1 Å². The minimum atomic E-state index is 0.781. The molecule has 0 amide bonds. The molecular weight excluding hydrogens is 196 g/mol. The van der Waals surface area contributed by atoms with Gasteiger partial charge in [-0.1, -0.05) is 39.5 Å². The van der Waals surface area contributed by atoms with Crippen LogP contribution in [-0.4, -0.2) is 37.1 Å². The Morgan fingerprint density at radius 1 is 1.00 bits per heavy atom. The van der Waals surface area contributed by atoms with Crippen LogP contribution in [0, 0.1) is 0 Å². The van der Waals surface area contributed by atoms with Crippen LogP contribution in [-0.2, 0) is 0 Å². The van der Waals surface area contributed by atoms with Crippen molar-refractivity contribution in [2.24, 2.45) is 0 Å². The lowest BCUT2D eigenvalue weighted by atomic mass is 10.0. The van der Waals surface area contributed by atoms with Crippen LogP contribution in [0.15, 0.2) is 0 Å². The predicted molar refractivity (Wildman–Crippen MR) is 71.9 cm³/mol. The zero-order valence-corrected chi connectivity index (χ0v) is 11.3. The molecule has 1 rings (SSSR count). The zero-order valence-electron chi connectivity index (χ0n) is 11.3. The largest absolute Gasteiger partial charge is 0.315 e. The molecule has 1 N–H and O–H groups in total. The van der Waals surface area contributed by atoms with E-state index in [-0.39, 0.29) is 0 Å². The summed E-state index contributed by atoms with van der Waals surface area (Å²) in [6.45, 7) is 9.46. The molecule has 1 saturated heterocycles. The second-order valence-corrected chi connectivity index (χ2v) is 5.05. The van der Waals surface area contributed by atoms with E-state index in [1.54, 1.807) is 0 Å². The van der Waals surface area contributed by atoms with Crippen molar-refractivity contribution in [2.45, 2.75) is 64.8 Å². The predicted octanol–water partition coefficient (Wildman–Crippen LogP) is 3.03. The molecule has 0 bridgehead atoms. The summed E-state index contributed by atoms with van der Waals surface area (Å²) in [6.07, 6.45) is 9.82. The first-order chi connectivity index (χ1) is 7.88. The van der Waals surface area contributed by atoms with Crippen LogP contribution in [0.25, 0.3) is 0 Å². The fraction of sp³-hybridized carbons (Fsp3) is 1.00. The van der Waals surface area contributed by atoms with E-state index in [4.69, 9.17) is 0 Å². The van der Waals surface area contributed by atoms with E-state index in [1.807, 2.05) is 0 Å². The molecule has 16 heavy (non-hydrogen) atoms. The van der Waals surface area contributed by atoms with Crippen LogP contribution < -0.4 is 5.32 Å². The summed E-state index contributed by atoms with van der Waals surface area (Å²) >= 11 is 0.